The third-order valence-corrected chi connectivity index (χ3v) is 2.16. The molecule has 0 spiro atoms. The molecular weight excluding hydrogens is 228 g/mol. The second-order valence-corrected chi connectivity index (χ2v) is 3.67. The van der Waals surface area contributed by atoms with E-state index in [0.717, 1.165) is 11.3 Å². The molecule has 0 unspecified atom stereocenters. The number of oxime groups is 1. The first-order valence-electron chi connectivity index (χ1n) is 4.80. The Labute approximate surface area is 99.0 Å². The SMILES string of the molecule is CC(=NOCCC(N)=O)c1ccc(Cl)cc1. The van der Waals surface area contributed by atoms with Gasteiger partial charge in [-0.1, -0.05) is 28.9 Å². The Morgan fingerprint density at radius 3 is 2.62 bits per heavy atom. The average molecular weight is 241 g/mol. The molecule has 0 radical (unpaired) electrons. The van der Waals surface area contributed by atoms with E-state index in [1.165, 1.54) is 0 Å². The number of nitrogens with two attached hydrogens (primary N) is 1. The van der Waals surface area contributed by atoms with E-state index in [1.54, 1.807) is 12.1 Å². The van der Waals surface area contributed by atoms with Crippen LogP contribution in [0.5, 0.6) is 0 Å². The Bertz CT molecular complexity index is 387. The molecule has 0 aliphatic rings. The molecular formula is C11H13ClN2O2. The van der Waals surface area contributed by atoms with E-state index < -0.39 is 5.91 Å². The molecule has 2 N–H and O–H groups in total. The van der Waals surface area contributed by atoms with Gasteiger partial charge in [0.05, 0.1) is 12.1 Å². The van der Waals surface area contributed by atoms with Crippen LogP contribution in [0.4, 0.5) is 0 Å². The molecule has 0 aliphatic heterocycles. The van der Waals surface area contributed by atoms with Gasteiger partial charge in [0.25, 0.3) is 0 Å². The van der Waals surface area contributed by atoms with E-state index in [2.05, 4.69) is 5.16 Å². The van der Waals surface area contributed by atoms with Crippen molar-refractivity contribution >= 4 is 23.2 Å². The van der Waals surface area contributed by atoms with Crippen LogP contribution >= 0.6 is 11.6 Å². The zero-order valence-electron chi connectivity index (χ0n) is 8.94. The Kier molecular flexibility index (Phi) is 4.79. The fourth-order valence-electron chi connectivity index (χ4n) is 1.03. The normalized spacial score (nSPS) is 11.2. The van der Waals surface area contributed by atoms with E-state index in [0.29, 0.717) is 5.02 Å². The lowest BCUT2D eigenvalue weighted by atomic mass is 10.1. The van der Waals surface area contributed by atoms with Gasteiger partial charge in [0, 0.05) is 5.02 Å². The van der Waals surface area contributed by atoms with Gasteiger partial charge in [-0.05, 0) is 24.6 Å². The number of carbonyl (C=O) groups excluding carboxylic acids is 1. The van der Waals surface area contributed by atoms with Crippen molar-refractivity contribution in [3.8, 4) is 0 Å². The molecule has 4 nitrogen and oxygen atoms in total. The summed E-state index contributed by atoms with van der Waals surface area (Å²) in [6.07, 6.45) is 0.164. The summed E-state index contributed by atoms with van der Waals surface area (Å²) in [6.45, 7) is 2.01. The third kappa shape index (κ3) is 4.31. The van der Waals surface area contributed by atoms with Gasteiger partial charge in [0.15, 0.2) is 0 Å². The minimum atomic E-state index is -0.403. The molecule has 0 aliphatic carbocycles. The first kappa shape index (κ1) is 12.5. The van der Waals surface area contributed by atoms with Crippen molar-refractivity contribution in [2.45, 2.75) is 13.3 Å². The molecule has 16 heavy (non-hydrogen) atoms. The van der Waals surface area contributed by atoms with Crippen LogP contribution in [0.25, 0.3) is 0 Å². The topological polar surface area (TPSA) is 64.7 Å². The minimum absolute atomic E-state index is 0.164. The van der Waals surface area contributed by atoms with Gasteiger partial charge in [-0.2, -0.15) is 0 Å². The predicted octanol–water partition coefficient (Wildman–Crippen LogP) is 1.96. The molecule has 1 aromatic rings. The van der Waals surface area contributed by atoms with E-state index >= 15 is 0 Å². The lowest BCUT2D eigenvalue weighted by Gasteiger charge is -2.01. The number of benzene rings is 1. The summed E-state index contributed by atoms with van der Waals surface area (Å²) in [5.41, 5.74) is 6.60. The van der Waals surface area contributed by atoms with E-state index in [9.17, 15) is 4.79 Å². The summed E-state index contributed by atoms with van der Waals surface area (Å²) >= 11 is 5.76. The Balaban J connectivity index is 2.50. The molecule has 0 fully saturated rings. The smallest absolute Gasteiger partial charge is 0.220 e. The predicted molar refractivity (Wildman–Crippen MR) is 63.4 cm³/mol. The molecule has 0 atom stereocenters. The van der Waals surface area contributed by atoms with Crippen LogP contribution in [0.2, 0.25) is 5.02 Å². The van der Waals surface area contributed by atoms with Crippen LogP contribution < -0.4 is 5.73 Å². The molecule has 0 heterocycles. The molecule has 0 saturated carbocycles. The minimum Gasteiger partial charge on any atom is -0.395 e. The zero-order chi connectivity index (χ0) is 12.0. The number of primary amides is 1. The fourth-order valence-corrected chi connectivity index (χ4v) is 1.16. The molecule has 1 aromatic carbocycles. The first-order chi connectivity index (χ1) is 7.59. The maximum Gasteiger partial charge on any atom is 0.220 e. The largest absolute Gasteiger partial charge is 0.395 e. The van der Waals surface area contributed by atoms with Crippen molar-refractivity contribution in [2.75, 3.05) is 6.61 Å². The second-order valence-electron chi connectivity index (χ2n) is 3.23. The maximum absolute atomic E-state index is 10.4. The Morgan fingerprint density at radius 2 is 2.06 bits per heavy atom. The molecule has 0 aromatic heterocycles. The fraction of sp³-hybridized carbons (Fsp3) is 0.273. The van der Waals surface area contributed by atoms with Gasteiger partial charge in [-0.3, -0.25) is 4.79 Å². The van der Waals surface area contributed by atoms with E-state index in [-0.39, 0.29) is 13.0 Å². The van der Waals surface area contributed by atoms with Crippen LogP contribution in [0.15, 0.2) is 29.4 Å². The summed E-state index contributed by atoms with van der Waals surface area (Å²) in [7, 11) is 0. The number of rotatable bonds is 5. The Hall–Kier alpha value is -1.55. The van der Waals surface area contributed by atoms with Gasteiger partial charge in [0.2, 0.25) is 5.91 Å². The summed E-state index contributed by atoms with van der Waals surface area (Å²) in [6, 6.07) is 7.25. The van der Waals surface area contributed by atoms with Crippen LogP contribution in [-0.4, -0.2) is 18.2 Å². The summed E-state index contributed by atoms with van der Waals surface area (Å²) < 4.78 is 0. The van der Waals surface area contributed by atoms with Gasteiger partial charge >= 0.3 is 0 Å². The lowest BCUT2D eigenvalue weighted by Crippen LogP contribution is -2.12. The first-order valence-corrected chi connectivity index (χ1v) is 5.18. The van der Waals surface area contributed by atoms with Crippen molar-refractivity contribution in [1.82, 2.24) is 0 Å². The third-order valence-electron chi connectivity index (χ3n) is 1.90. The molecule has 0 bridgehead atoms. The van der Waals surface area contributed by atoms with Crippen LogP contribution in [-0.2, 0) is 9.63 Å². The highest BCUT2D eigenvalue weighted by molar-refractivity contribution is 6.30. The van der Waals surface area contributed by atoms with Gasteiger partial charge in [0.1, 0.15) is 6.61 Å². The number of hydrogen-bond donors (Lipinski definition) is 1. The lowest BCUT2D eigenvalue weighted by molar-refractivity contribution is -0.119. The van der Waals surface area contributed by atoms with Crippen LogP contribution in [0.3, 0.4) is 0 Å². The second kappa shape index (κ2) is 6.12. The van der Waals surface area contributed by atoms with Gasteiger partial charge in [-0.25, -0.2) is 0 Å². The maximum atomic E-state index is 10.4. The monoisotopic (exact) mass is 240 g/mol. The summed E-state index contributed by atoms with van der Waals surface area (Å²) in [4.78, 5) is 15.4. The van der Waals surface area contributed by atoms with Crippen LogP contribution in [0, 0.1) is 0 Å². The van der Waals surface area contributed by atoms with Crippen LogP contribution in [0.1, 0.15) is 18.9 Å². The molecule has 1 amide bonds. The average Bonchev–Trinajstić information content (AvgIpc) is 2.25. The van der Waals surface area contributed by atoms with Crippen molar-refractivity contribution in [2.24, 2.45) is 10.9 Å². The van der Waals surface area contributed by atoms with Gasteiger partial charge in [-0.15, -0.1) is 0 Å². The highest BCUT2D eigenvalue weighted by Crippen LogP contribution is 2.10. The summed E-state index contributed by atoms with van der Waals surface area (Å²) in [5, 5.41) is 4.53. The molecule has 86 valence electrons. The summed E-state index contributed by atoms with van der Waals surface area (Å²) in [5.74, 6) is -0.403. The highest BCUT2D eigenvalue weighted by atomic mass is 35.5. The van der Waals surface area contributed by atoms with Crippen molar-refractivity contribution < 1.29 is 9.63 Å². The highest BCUT2D eigenvalue weighted by Gasteiger charge is 1.98. The zero-order valence-corrected chi connectivity index (χ0v) is 9.70. The van der Waals surface area contributed by atoms with Crippen molar-refractivity contribution in [3.05, 3.63) is 34.9 Å². The Morgan fingerprint density at radius 1 is 1.44 bits per heavy atom. The van der Waals surface area contributed by atoms with E-state index in [4.69, 9.17) is 22.2 Å². The number of carbonyl (C=O) groups is 1. The number of amides is 1. The number of halogens is 1. The van der Waals surface area contributed by atoms with Crippen molar-refractivity contribution in [3.63, 3.8) is 0 Å². The van der Waals surface area contributed by atoms with Gasteiger partial charge < -0.3 is 10.6 Å². The molecule has 5 heteroatoms. The quantitative estimate of drug-likeness (QED) is 0.486. The molecule has 0 saturated heterocycles. The van der Waals surface area contributed by atoms with E-state index in [1.807, 2.05) is 19.1 Å². The molecule has 1 rings (SSSR count). The number of hydrogen-bond acceptors (Lipinski definition) is 3. The van der Waals surface area contributed by atoms with Crippen molar-refractivity contribution in [1.29, 1.82) is 0 Å². The standard InChI is InChI=1S/C11H13ClN2O2/c1-8(14-16-7-6-11(13)15)9-2-4-10(12)5-3-9/h2-5H,6-7H2,1H3,(H2,13,15). The number of nitrogens with zero attached hydrogens (tertiary/aromatic N) is 1.